The summed E-state index contributed by atoms with van der Waals surface area (Å²) >= 11 is 0. The SMILES string of the molecule is CN1C2=C(C=CCC2=O)C=c2c1ccc1c2=Cc2ccccc2N1C. The lowest BCUT2D eigenvalue weighted by molar-refractivity contribution is -0.115. The van der Waals surface area contributed by atoms with E-state index in [1.54, 1.807) is 0 Å². The monoisotopic (exact) mass is 326 g/mol. The smallest absolute Gasteiger partial charge is 0.183 e. The Bertz CT molecular complexity index is 1120. The molecular formula is C22H18N2O. The number of fused-ring (bicyclic) bond motifs is 4. The molecule has 25 heavy (non-hydrogen) atoms. The number of para-hydroxylation sites is 1. The molecule has 0 radical (unpaired) electrons. The largest absolute Gasteiger partial charge is 0.344 e. The second kappa shape index (κ2) is 4.96. The van der Waals surface area contributed by atoms with Gasteiger partial charge in [0.2, 0.25) is 0 Å². The molecule has 3 heteroatoms. The Balaban J connectivity index is 1.87. The molecule has 0 saturated carbocycles. The summed E-state index contributed by atoms with van der Waals surface area (Å²) in [4.78, 5) is 16.7. The minimum Gasteiger partial charge on any atom is -0.344 e. The molecule has 3 nitrogen and oxygen atoms in total. The lowest BCUT2D eigenvalue weighted by Gasteiger charge is -2.32. The predicted octanol–water partition coefficient (Wildman–Crippen LogP) is 2.61. The molecule has 0 amide bonds. The molecule has 3 aliphatic rings. The first-order valence-electron chi connectivity index (χ1n) is 8.52. The van der Waals surface area contributed by atoms with Crippen LogP contribution in [-0.4, -0.2) is 19.9 Å². The van der Waals surface area contributed by atoms with Gasteiger partial charge in [0.15, 0.2) is 5.78 Å². The molecule has 122 valence electrons. The molecule has 2 aromatic carbocycles. The molecule has 0 saturated heterocycles. The maximum atomic E-state index is 12.4. The third-order valence-electron chi connectivity index (χ3n) is 5.34. The number of Topliss-reactive ketones (excluding diaryl/α,β-unsaturated/α-hetero) is 1. The van der Waals surface area contributed by atoms with Gasteiger partial charge in [0, 0.05) is 53.6 Å². The van der Waals surface area contributed by atoms with Gasteiger partial charge in [-0.2, -0.15) is 0 Å². The summed E-state index contributed by atoms with van der Waals surface area (Å²) in [5, 5.41) is 2.39. The molecule has 0 bridgehead atoms. The van der Waals surface area contributed by atoms with Gasteiger partial charge in [-0.15, -0.1) is 0 Å². The number of carbonyl (C=O) groups is 1. The van der Waals surface area contributed by atoms with Crippen molar-refractivity contribution in [3.63, 3.8) is 0 Å². The van der Waals surface area contributed by atoms with Gasteiger partial charge in [-0.05, 0) is 35.9 Å². The van der Waals surface area contributed by atoms with Gasteiger partial charge >= 0.3 is 0 Å². The zero-order valence-electron chi connectivity index (χ0n) is 14.3. The van der Waals surface area contributed by atoms with E-state index in [1.807, 2.05) is 18.0 Å². The first-order valence-corrected chi connectivity index (χ1v) is 8.52. The molecule has 0 N–H and O–H groups in total. The number of rotatable bonds is 0. The number of nitrogens with zero attached hydrogens (tertiary/aromatic N) is 2. The van der Waals surface area contributed by atoms with E-state index in [2.05, 4.69) is 66.6 Å². The molecule has 0 unspecified atom stereocenters. The molecule has 1 aliphatic carbocycles. The molecule has 0 aromatic heterocycles. The Labute approximate surface area is 146 Å². The molecule has 2 heterocycles. The highest BCUT2D eigenvalue weighted by molar-refractivity contribution is 6.05. The van der Waals surface area contributed by atoms with Crippen LogP contribution in [0.15, 0.2) is 59.8 Å². The van der Waals surface area contributed by atoms with Gasteiger partial charge in [-0.25, -0.2) is 0 Å². The van der Waals surface area contributed by atoms with Crippen molar-refractivity contribution in [2.75, 3.05) is 23.9 Å². The van der Waals surface area contributed by atoms with Crippen molar-refractivity contribution >= 4 is 35.0 Å². The minimum atomic E-state index is 0.186. The van der Waals surface area contributed by atoms with Crippen LogP contribution in [-0.2, 0) is 4.79 Å². The average Bonchev–Trinajstić information content (AvgIpc) is 2.62. The van der Waals surface area contributed by atoms with E-state index in [1.165, 1.54) is 27.4 Å². The second-order valence-corrected chi connectivity index (χ2v) is 6.73. The molecule has 0 spiro atoms. The van der Waals surface area contributed by atoms with Crippen LogP contribution < -0.4 is 20.2 Å². The molecule has 0 fully saturated rings. The number of hydrogen-bond donors (Lipinski definition) is 0. The summed E-state index contributed by atoms with van der Waals surface area (Å²) in [6.45, 7) is 0. The van der Waals surface area contributed by atoms with Gasteiger partial charge in [-0.1, -0.05) is 30.4 Å². The number of allylic oxidation sites excluding steroid dienone is 4. The van der Waals surface area contributed by atoms with E-state index in [0.29, 0.717) is 6.42 Å². The van der Waals surface area contributed by atoms with E-state index in [4.69, 9.17) is 0 Å². The van der Waals surface area contributed by atoms with Crippen molar-refractivity contribution in [3.05, 3.63) is 75.8 Å². The fourth-order valence-electron chi connectivity index (χ4n) is 4.10. The number of anilines is 3. The molecule has 0 atom stereocenters. The average molecular weight is 326 g/mol. The van der Waals surface area contributed by atoms with Gasteiger partial charge in [-0.3, -0.25) is 4.79 Å². The molecule has 5 rings (SSSR count). The van der Waals surface area contributed by atoms with Crippen LogP contribution >= 0.6 is 0 Å². The number of ketones is 1. The van der Waals surface area contributed by atoms with Crippen molar-refractivity contribution in [1.29, 1.82) is 0 Å². The quantitative estimate of drug-likeness (QED) is 0.743. The summed E-state index contributed by atoms with van der Waals surface area (Å²) in [7, 11) is 4.10. The van der Waals surface area contributed by atoms with E-state index >= 15 is 0 Å². The predicted molar refractivity (Wildman–Crippen MR) is 102 cm³/mol. The highest BCUT2D eigenvalue weighted by Gasteiger charge is 2.26. The maximum absolute atomic E-state index is 12.4. The van der Waals surface area contributed by atoms with Gasteiger partial charge < -0.3 is 9.80 Å². The minimum absolute atomic E-state index is 0.186. The van der Waals surface area contributed by atoms with Gasteiger partial charge in [0.1, 0.15) is 0 Å². The summed E-state index contributed by atoms with van der Waals surface area (Å²) < 4.78 is 0. The Morgan fingerprint density at radius 2 is 1.56 bits per heavy atom. The first kappa shape index (κ1) is 14.3. The second-order valence-electron chi connectivity index (χ2n) is 6.73. The van der Waals surface area contributed by atoms with Crippen LogP contribution in [0.1, 0.15) is 12.0 Å². The fraction of sp³-hybridized carbons (Fsp3) is 0.136. The third kappa shape index (κ3) is 1.89. The van der Waals surface area contributed by atoms with Crippen LogP contribution in [0.2, 0.25) is 0 Å². The van der Waals surface area contributed by atoms with Gasteiger partial charge in [0.25, 0.3) is 0 Å². The summed E-state index contributed by atoms with van der Waals surface area (Å²) in [5.41, 5.74) is 6.53. The standard InChI is InChI=1S/C22H18N2O/c1-23-18-8-4-3-6-14(18)12-16-17-13-15-7-5-9-21(25)22(15)24(2)20(17)11-10-19(16)23/h3-8,10-13H,9H2,1-2H3. The maximum Gasteiger partial charge on any atom is 0.183 e. The number of benzene rings is 2. The van der Waals surface area contributed by atoms with Crippen molar-refractivity contribution < 1.29 is 4.79 Å². The highest BCUT2D eigenvalue weighted by Crippen LogP contribution is 2.31. The van der Waals surface area contributed by atoms with E-state index in [0.717, 1.165) is 17.0 Å². The van der Waals surface area contributed by atoms with Crippen LogP contribution in [0.25, 0.3) is 12.2 Å². The van der Waals surface area contributed by atoms with Crippen LogP contribution in [0, 0.1) is 0 Å². The van der Waals surface area contributed by atoms with Crippen molar-refractivity contribution in [1.82, 2.24) is 0 Å². The number of likely N-dealkylation sites (N-methyl/N-ethyl adjacent to an activating group) is 1. The summed E-state index contributed by atoms with van der Waals surface area (Å²) in [6.07, 6.45) is 8.93. The molecule has 2 aromatic rings. The van der Waals surface area contributed by atoms with Gasteiger partial charge in [0.05, 0.1) is 5.70 Å². The number of hydrogen-bond acceptors (Lipinski definition) is 3. The normalized spacial score (nSPS) is 17.3. The highest BCUT2D eigenvalue weighted by atomic mass is 16.1. The van der Waals surface area contributed by atoms with E-state index in [9.17, 15) is 4.79 Å². The zero-order valence-corrected chi connectivity index (χ0v) is 14.3. The van der Waals surface area contributed by atoms with Crippen LogP contribution in [0.4, 0.5) is 17.1 Å². The fourth-order valence-corrected chi connectivity index (χ4v) is 4.10. The summed E-state index contributed by atoms with van der Waals surface area (Å²) in [6, 6.07) is 12.7. The van der Waals surface area contributed by atoms with Crippen molar-refractivity contribution in [2.24, 2.45) is 0 Å². The van der Waals surface area contributed by atoms with Crippen molar-refractivity contribution in [2.45, 2.75) is 6.42 Å². The molecule has 2 aliphatic heterocycles. The topological polar surface area (TPSA) is 23.6 Å². The van der Waals surface area contributed by atoms with Crippen molar-refractivity contribution in [3.8, 4) is 0 Å². The number of carbonyl (C=O) groups excluding carboxylic acids is 1. The Morgan fingerprint density at radius 3 is 2.40 bits per heavy atom. The lowest BCUT2D eigenvalue weighted by Crippen LogP contribution is -2.41. The van der Waals surface area contributed by atoms with E-state index < -0.39 is 0 Å². The Morgan fingerprint density at radius 1 is 0.840 bits per heavy atom. The van der Waals surface area contributed by atoms with Crippen LogP contribution in [0.3, 0.4) is 0 Å². The Hall–Kier alpha value is -3.07. The first-order chi connectivity index (χ1) is 12.1. The Kier molecular flexibility index (Phi) is 2.84. The van der Waals surface area contributed by atoms with E-state index in [-0.39, 0.29) is 5.78 Å². The third-order valence-corrected chi connectivity index (χ3v) is 5.34. The lowest BCUT2D eigenvalue weighted by atomic mass is 9.93. The molecular weight excluding hydrogens is 308 g/mol. The summed E-state index contributed by atoms with van der Waals surface area (Å²) in [5.74, 6) is 0.186. The zero-order chi connectivity index (χ0) is 17.1. The van der Waals surface area contributed by atoms with Crippen LogP contribution in [0.5, 0.6) is 0 Å².